The van der Waals surface area contributed by atoms with Gasteiger partial charge in [-0.1, -0.05) is 13.8 Å². The lowest BCUT2D eigenvalue weighted by atomic mass is 10.0. The Morgan fingerprint density at radius 3 is 2.35 bits per heavy atom. The normalized spacial score (nSPS) is 11.3. The van der Waals surface area contributed by atoms with Gasteiger partial charge in [-0.05, 0) is 26.9 Å². The second-order valence-electron chi connectivity index (χ2n) is 4.95. The van der Waals surface area contributed by atoms with Gasteiger partial charge in [-0.2, -0.15) is 0 Å². The Labute approximate surface area is 104 Å². The third kappa shape index (κ3) is 3.66. The quantitative estimate of drug-likeness (QED) is 0.849. The number of rotatable bonds is 5. The molecule has 0 bridgehead atoms. The first kappa shape index (κ1) is 13.9. The molecule has 0 aliphatic rings. The number of nitrogens with one attached hydrogen (secondary N) is 1. The maximum absolute atomic E-state index is 4.60. The zero-order chi connectivity index (χ0) is 13.0. The molecule has 0 aliphatic heterocycles. The standard InChI is InChI=1S/C13H24N4/c1-9(2)12-10(3)15-11(7-8-17(5)6)16-13(12)14-4/h9H,7-8H2,1-6H3,(H,14,15,16). The molecule has 96 valence electrons. The predicted molar refractivity (Wildman–Crippen MR) is 72.7 cm³/mol. The van der Waals surface area contributed by atoms with Crippen molar-refractivity contribution in [1.29, 1.82) is 0 Å². The molecule has 1 N–H and O–H groups in total. The molecule has 1 heterocycles. The molecule has 0 aliphatic carbocycles. The Hall–Kier alpha value is -1.16. The number of likely N-dealkylation sites (N-methyl/N-ethyl adjacent to an activating group) is 1. The van der Waals surface area contributed by atoms with Crippen molar-refractivity contribution in [2.45, 2.75) is 33.1 Å². The molecule has 17 heavy (non-hydrogen) atoms. The van der Waals surface area contributed by atoms with E-state index in [9.17, 15) is 0 Å². The minimum absolute atomic E-state index is 0.445. The molecule has 1 rings (SSSR count). The molecule has 4 nitrogen and oxygen atoms in total. The molecule has 0 unspecified atom stereocenters. The zero-order valence-corrected chi connectivity index (χ0v) is 11.8. The molecule has 0 saturated carbocycles. The van der Waals surface area contributed by atoms with Crippen LogP contribution in [-0.4, -0.2) is 42.6 Å². The summed E-state index contributed by atoms with van der Waals surface area (Å²) in [6, 6.07) is 0. The van der Waals surface area contributed by atoms with E-state index in [1.54, 1.807) is 0 Å². The van der Waals surface area contributed by atoms with Crippen molar-refractivity contribution in [2.24, 2.45) is 0 Å². The predicted octanol–water partition coefficient (Wildman–Crippen LogP) is 2.05. The van der Waals surface area contributed by atoms with Gasteiger partial charge >= 0.3 is 0 Å². The smallest absolute Gasteiger partial charge is 0.133 e. The van der Waals surface area contributed by atoms with Gasteiger partial charge in [0.15, 0.2) is 0 Å². The average Bonchev–Trinajstić information content (AvgIpc) is 2.24. The van der Waals surface area contributed by atoms with E-state index in [-0.39, 0.29) is 0 Å². The summed E-state index contributed by atoms with van der Waals surface area (Å²) in [5.41, 5.74) is 2.31. The first-order chi connectivity index (χ1) is 7.95. The largest absolute Gasteiger partial charge is 0.373 e. The highest BCUT2D eigenvalue weighted by Crippen LogP contribution is 2.24. The Balaban J connectivity index is 3.00. The van der Waals surface area contributed by atoms with Gasteiger partial charge in [-0.15, -0.1) is 0 Å². The summed E-state index contributed by atoms with van der Waals surface area (Å²) in [4.78, 5) is 11.3. The molecule has 0 saturated heterocycles. The van der Waals surface area contributed by atoms with E-state index in [1.165, 1.54) is 5.56 Å². The van der Waals surface area contributed by atoms with Crippen LogP contribution < -0.4 is 5.32 Å². The molecule has 0 radical (unpaired) electrons. The molecule has 0 aromatic carbocycles. The van der Waals surface area contributed by atoms with Gasteiger partial charge in [0.05, 0.1) is 0 Å². The van der Waals surface area contributed by atoms with Crippen molar-refractivity contribution < 1.29 is 0 Å². The lowest BCUT2D eigenvalue weighted by Gasteiger charge is -2.16. The van der Waals surface area contributed by atoms with Crippen LogP contribution in [0.2, 0.25) is 0 Å². The molecule has 1 aromatic heterocycles. The Morgan fingerprint density at radius 2 is 1.88 bits per heavy atom. The second-order valence-corrected chi connectivity index (χ2v) is 4.95. The lowest BCUT2D eigenvalue weighted by Crippen LogP contribution is -2.17. The Kier molecular flexibility index (Phi) is 4.87. The highest BCUT2D eigenvalue weighted by molar-refractivity contribution is 5.47. The minimum atomic E-state index is 0.445. The summed E-state index contributed by atoms with van der Waals surface area (Å²) in [5.74, 6) is 2.34. The van der Waals surface area contributed by atoms with Gasteiger partial charge in [-0.3, -0.25) is 0 Å². The average molecular weight is 236 g/mol. The van der Waals surface area contributed by atoms with Gasteiger partial charge in [0.1, 0.15) is 11.6 Å². The molecule has 0 spiro atoms. The number of hydrogen-bond donors (Lipinski definition) is 1. The van der Waals surface area contributed by atoms with E-state index < -0.39 is 0 Å². The van der Waals surface area contributed by atoms with Crippen molar-refractivity contribution >= 4 is 5.82 Å². The fourth-order valence-electron chi connectivity index (χ4n) is 1.96. The summed E-state index contributed by atoms with van der Waals surface area (Å²) in [6.45, 7) is 7.39. The highest BCUT2D eigenvalue weighted by Gasteiger charge is 2.13. The van der Waals surface area contributed by atoms with Gasteiger partial charge < -0.3 is 10.2 Å². The first-order valence-electron chi connectivity index (χ1n) is 6.15. The van der Waals surface area contributed by atoms with Crippen molar-refractivity contribution in [3.63, 3.8) is 0 Å². The van der Waals surface area contributed by atoms with Gasteiger partial charge in [0, 0.05) is 31.3 Å². The third-order valence-corrected chi connectivity index (χ3v) is 2.78. The maximum Gasteiger partial charge on any atom is 0.133 e. The van der Waals surface area contributed by atoms with Crippen LogP contribution in [-0.2, 0) is 6.42 Å². The van der Waals surface area contributed by atoms with Crippen LogP contribution in [0.5, 0.6) is 0 Å². The molecular weight excluding hydrogens is 212 g/mol. The number of hydrogen-bond acceptors (Lipinski definition) is 4. The molecule has 0 atom stereocenters. The molecule has 0 amide bonds. The Morgan fingerprint density at radius 1 is 1.24 bits per heavy atom. The van der Waals surface area contributed by atoms with E-state index in [1.807, 2.05) is 7.05 Å². The van der Waals surface area contributed by atoms with Crippen LogP contribution >= 0.6 is 0 Å². The Bertz CT molecular complexity index is 372. The molecule has 0 fully saturated rings. The SMILES string of the molecule is CNc1nc(CCN(C)C)nc(C)c1C(C)C. The van der Waals surface area contributed by atoms with E-state index in [2.05, 4.69) is 55.1 Å². The van der Waals surface area contributed by atoms with Crippen LogP contribution in [0.3, 0.4) is 0 Å². The molecular formula is C13H24N4. The third-order valence-electron chi connectivity index (χ3n) is 2.78. The van der Waals surface area contributed by atoms with E-state index in [0.29, 0.717) is 5.92 Å². The van der Waals surface area contributed by atoms with E-state index >= 15 is 0 Å². The lowest BCUT2D eigenvalue weighted by molar-refractivity contribution is 0.409. The van der Waals surface area contributed by atoms with Crippen LogP contribution in [0.15, 0.2) is 0 Å². The fourth-order valence-corrected chi connectivity index (χ4v) is 1.96. The van der Waals surface area contributed by atoms with Gasteiger partial charge in [-0.25, -0.2) is 9.97 Å². The van der Waals surface area contributed by atoms with Crippen LogP contribution in [0.1, 0.15) is 36.8 Å². The fraction of sp³-hybridized carbons (Fsp3) is 0.692. The van der Waals surface area contributed by atoms with Crippen molar-refractivity contribution in [1.82, 2.24) is 14.9 Å². The van der Waals surface area contributed by atoms with Gasteiger partial charge in [0.25, 0.3) is 0 Å². The van der Waals surface area contributed by atoms with Crippen LogP contribution in [0.25, 0.3) is 0 Å². The summed E-state index contributed by atoms with van der Waals surface area (Å²) in [7, 11) is 6.05. The topological polar surface area (TPSA) is 41.1 Å². The van der Waals surface area contributed by atoms with Crippen molar-refractivity contribution in [3.8, 4) is 0 Å². The van der Waals surface area contributed by atoms with Crippen LogP contribution in [0, 0.1) is 6.92 Å². The summed E-state index contributed by atoms with van der Waals surface area (Å²) >= 11 is 0. The number of aromatic nitrogens is 2. The van der Waals surface area contributed by atoms with E-state index in [4.69, 9.17) is 0 Å². The second kappa shape index (κ2) is 5.96. The number of anilines is 1. The summed E-state index contributed by atoms with van der Waals surface area (Å²) in [6.07, 6.45) is 0.890. The molecule has 4 heteroatoms. The summed E-state index contributed by atoms with van der Waals surface area (Å²) in [5, 5.41) is 3.18. The minimum Gasteiger partial charge on any atom is -0.373 e. The summed E-state index contributed by atoms with van der Waals surface area (Å²) < 4.78 is 0. The van der Waals surface area contributed by atoms with Crippen LogP contribution in [0.4, 0.5) is 5.82 Å². The maximum atomic E-state index is 4.60. The zero-order valence-electron chi connectivity index (χ0n) is 11.8. The van der Waals surface area contributed by atoms with E-state index in [0.717, 1.165) is 30.3 Å². The van der Waals surface area contributed by atoms with Gasteiger partial charge in [0.2, 0.25) is 0 Å². The number of aryl methyl sites for hydroxylation is 1. The number of nitrogens with zero attached hydrogens (tertiary/aromatic N) is 3. The monoisotopic (exact) mass is 236 g/mol. The van der Waals surface area contributed by atoms with Crippen molar-refractivity contribution in [3.05, 3.63) is 17.1 Å². The van der Waals surface area contributed by atoms with Crippen molar-refractivity contribution in [2.75, 3.05) is 33.0 Å². The molecule has 1 aromatic rings. The first-order valence-corrected chi connectivity index (χ1v) is 6.15. The highest BCUT2D eigenvalue weighted by atomic mass is 15.1.